The number of anilines is 1. The minimum atomic E-state index is -0.661. The van der Waals surface area contributed by atoms with Crippen molar-refractivity contribution >= 4 is 23.0 Å². The second-order valence-electron chi connectivity index (χ2n) is 5.18. The van der Waals surface area contributed by atoms with Gasteiger partial charge in [0.15, 0.2) is 11.6 Å². The van der Waals surface area contributed by atoms with Crippen LogP contribution >= 0.6 is 11.6 Å². The van der Waals surface area contributed by atoms with Crippen molar-refractivity contribution in [3.8, 4) is 5.75 Å². The summed E-state index contributed by atoms with van der Waals surface area (Å²) >= 11 is 6.33. The van der Waals surface area contributed by atoms with E-state index in [1.807, 2.05) is 0 Å². The van der Waals surface area contributed by atoms with E-state index in [4.69, 9.17) is 21.4 Å². The second kappa shape index (κ2) is 7.15. The second-order valence-corrected chi connectivity index (χ2v) is 5.56. The molecule has 0 spiro atoms. The first-order valence-corrected chi connectivity index (χ1v) is 7.81. The summed E-state index contributed by atoms with van der Waals surface area (Å²) in [5.74, 6) is -0.890. The van der Waals surface area contributed by atoms with Gasteiger partial charge < -0.3 is 9.84 Å². The molecule has 0 amide bonds. The lowest BCUT2D eigenvalue weighted by atomic mass is 10.1. The molecule has 7 heteroatoms. The SMILES string of the molecule is OCCOc1cccc(C2=NN(c3c(F)cccc3F)CC2)c1Cl. The molecule has 0 aliphatic carbocycles. The third kappa shape index (κ3) is 3.20. The first-order chi connectivity index (χ1) is 11.6. The van der Waals surface area contributed by atoms with Crippen molar-refractivity contribution in [2.75, 3.05) is 24.8 Å². The Kier molecular flexibility index (Phi) is 4.97. The molecular weight excluding hydrogens is 338 g/mol. The van der Waals surface area contributed by atoms with Crippen LogP contribution in [0.25, 0.3) is 0 Å². The summed E-state index contributed by atoms with van der Waals surface area (Å²) in [7, 11) is 0. The lowest BCUT2D eigenvalue weighted by Crippen LogP contribution is -2.15. The maximum Gasteiger partial charge on any atom is 0.151 e. The number of para-hydroxylation sites is 1. The van der Waals surface area contributed by atoms with E-state index in [2.05, 4.69) is 5.10 Å². The molecule has 0 fully saturated rings. The molecule has 3 rings (SSSR count). The number of hydrazone groups is 1. The molecule has 2 aromatic rings. The highest BCUT2D eigenvalue weighted by Crippen LogP contribution is 2.32. The average molecular weight is 353 g/mol. The Morgan fingerprint density at radius 1 is 1.17 bits per heavy atom. The smallest absolute Gasteiger partial charge is 0.151 e. The average Bonchev–Trinajstić information content (AvgIpc) is 3.03. The lowest BCUT2D eigenvalue weighted by Gasteiger charge is -2.15. The fraction of sp³-hybridized carbons (Fsp3) is 0.235. The molecule has 126 valence electrons. The van der Waals surface area contributed by atoms with E-state index in [-0.39, 0.29) is 18.9 Å². The molecule has 1 aliphatic heterocycles. The maximum atomic E-state index is 13.9. The van der Waals surface area contributed by atoms with Crippen molar-refractivity contribution in [1.29, 1.82) is 0 Å². The number of rotatable bonds is 5. The minimum absolute atomic E-state index is 0.123. The number of benzene rings is 2. The summed E-state index contributed by atoms with van der Waals surface area (Å²) < 4.78 is 33.2. The Bertz CT molecular complexity index is 763. The van der Waals surface area contributed by atoms with Crippen LogP contribution in [-0.4, -0.2) is 30.6 Å². The zero-order valence-corrected chi connectivity index (χ0v) is 13.4. The van der Waals surface area contributed by atoms with Crippen molar-refractivity contribution in [3.63, 3.8) is 0 Å². The molecular formula is C17H15ClF2N2O2. The van der Waals surface area contributed by atoms with Crippen molar-refractivity contribution in [1.82, 2.24) is 0 Å². The topological polar surface area (TPSA) is 45.1 Å². The number of aliphatic hydroxyl groups excluding tert-OH is 1. The molecule has 1 aliphatic rings. The van der Waals surface area contributed by atoms with Crippen molar-refractivity contribution in [2.24, 2.45) is 5.10 Å². The van der Waals surface area contributed by atoms with Crippen LogP contribution in [0.1, 0.15) is 12.0 Å². The highest BCUT2D eigenvalue weighted by Gasteiger charge is 2.24. The van der Waals surface area contributed by atoms with Crippen LogP contribution in [0, 0.1) is 11.6 Å². The van der Waals surface area contributed by atoms with E-state index in [0.717, 1.165) is 0 Å². The molecule has 2 aromatic carbocycles. The van der Waals surface area contributed by atoms with E-state index in [0.29, 0.717) is 35.0 Å². The number of hydrogen-bond donors (Lipinski definition) is 1. The number of ether oxygens (including phenoxy) is 1. The summed E-state index contributed by atoms with van der Waals surface area (Å²) in [4.78, 5) is 0. The summed E-state index contributed by atoms with van der Waals surface area (Å²) in [5.41, 5.74) is 1.10. The molecule has 1 N–H and O–H groups in total. The molecule has 4 nitrogen and oxygen atoms in total. The fourth-order valence-electron chi connectivity index (χ4n) is 2.54. The quantitative estimate of drug-likeness (QED) is 0.894. The Morgan fingerprint density at radius 3 is 2.58 bits per heavy atom. The molecule has 0 unspecified atom stereocenters. The van der Waals surface area contributed by atoms with Gasteiger partial charge in [0.2, 0.25) is 0 Å². The molecule has 0 saturated heterocycles. The van der Waals surface area contributed by atoms with Gasteiger partial charge in [0, 0.05) is 18.5 Å². The minimum Gasteiger partial charge on any atom is -0.490 e. The fourth-order valence-corrected chi connectivity index (χ4v) is 2.83. The van der Waals surface area contributed by atoms with Crippen LogP contribution in [0.2, 0.25) is 5.02 Å². The number of halogens is 3. The molecule has 0 saturated carbocycles. The molecule has 24 heavy (non-hydrogen) atoms. The molecule has 0 radical (unpaired) electrons. The summed E-state index contributed by atoms with van der Waals surface area (Å²) in [6, 6.07) is 8.92. The van der Waals surface area contributed by atoms with Gasteiger partial charge in [-0.2, -0.15) is 5.10 Å². The largest absolute Gasteiger partial charge is 0.490 e. The molecule has 0 atom stereocenters. The Balaban J connectivity index is 1.92. The van der Waals surface area contributed by atoms with E-state index in [1.54, 1.807) is 18.2 Å². The van der Waals surface area contributed by atoms with Crippen LogP contribution in [0.5, 0.6) is 5.75 Å². The van der Waals surface area contributed by atoms with Crippen LogP contribution in [0.3, 0.4) is 0 Å². The highest BCUT2D eigenvalue weighted by molar-refractivity contribution is 6.35. The van der Waals surface area contributed by atoms with E-state index < -0.39 is 11.6 Å². The number of aliphatic hydroxyl groups is 1. The van der Waals surface area contributed by atoms with Crippen LogP contribution in [-0.2, 0) is 0 Å². The van der Waals surface area contributed by atoms with Gasteiger partial charge >= 0.3 is 0 Å². The normalized spacial score (nSPS) is 14.0. The van der Waals surface area contributed by atoms with Crippen molar-refractivity contribution in [2.45, 2.75) is 6.42 Å². The van der Waals surface area contributed by atoms with E-state index >= 15 is 0 Å². The zero-order chi connectivity index (χ0) is 17.1. The van der Waals surface area contributed by atoms with Gasteiger partial charge in [-0.05, 0) is 18.2 Å². The van der Waals surface area contributed by atoms with Gasteiger partial charge in [0.05, 0.1) is 17.3 Å². The first kappa shape index (κ1) is 16.7. The third-order valence-electron chi connectivity index (χ3n) is 3.62. The zero-order valence-electron chi connectivity index (χ0n) is 12.7. The number of hydrogen-bond acceptors (Lipinski definition) is 4. The van der Waals surface area contributed by atoms with Crippen LogP contribution in [0.15, 0.2) is 41.5 Å². The van der Waals surface area contributed by atoms with E-state index in [1.165, 1.54) is 23.2 Å². The van der Waals surface area contributed by atoms with Crippen LogP contribution < -0.4 is 9.75 Å². The summed E-state index contributed by atoms with van der Waals surface area (Å²) in [6.45, 7) is 0.356. The van der Waals surface area contributed by atoms with Crippen molar-refractivity contribution < 1.29 is 18.6 Å². The van der Waals surface area contributed by atoms with E-state index in [9.17, 15) is 8.78 Å². The number of nitrogens with zero attached hydrogens (tertiary/aromatic N) is 2. The van der Waals surface area contributed by atoms with Gasteiger partial charge in [-0.1, -0.05) is 29.8 Å². The maximum absolute atomic E-state index is 13.9. The summed E-state index contributed by atoms with van der Waals surface area (Å²) in [6.07, 6.45) is 0.497. The Morgan fingerprint density at radius 2 is 1.88 bits per heavy atom. The monoisotopic (exact) mass is 352 g/mol. The first-order valence-electron chi connectivity index (χ1n) is 7.43. The molecule has 1 heterocycles. The van der Waals surface area contributed by atoms with Gasteiger partial charge in [-0.15, -0.1) is 0 Å². The Labute approximate surface area is 142 Å². The van der Waals surface area contributed by atoms with Gasteiger partial charge in [-0.25, -0.2) is 8.78 Å². The molecule has 0 bridgehead atoms. The van der Waals surface area contributed by atoms with Crippen molar-refractivity contribution in [3.05, 3.63) is 58.6 Å². The van der Waals surface area contributed by atoms with Gasteiger partial charge in [-0.3, -0.25) is 5.01 Å². The predicted octanol–water partition coefficient (Wildman–Crippen LogP) is 3.60. The van der Waals surface area contributed by atoms with Crippen LogP contribution in [0.4, 0.5) is 14.5 Å². The standard InChI is InChI=1S/C17H15ClF2N2O2/c18-16-11(3-1-6-15(16)24-10-9-23)14-7-8-22(21-14)17-12(19)4-2-5-13(17)20/h1-6,23H,7-10H2. The third-order valence-corrected chi connectivity index (χ3v) is 4.01. The van der Waals surface area contributed by atoms with Gasteiger partial charge in [0.1, 0.15) is 18.0 Å². The molecule has 0 aromatic heterocycles. The highest BCUT2D eigenvalue weighted by atomic mass is 35.5. The lowest BCUT2D eigenvalue weighted by molar-refractivity contribution is 0.201. The Hall–Kier alpha value is -2.18. The summed E-state index contributed by atoms with van der Waals surface area (Å²) in [5, 5.41) is 14.8. The predicted molar refractivity (Wildman–Crippen MR) is 88.9 cm³/mol. The van der Waals surface area contributed by atoms with Gasteiger partial charge in [0.25, 0.3) is 0 Å².